The first-order chi connectivity index (χ1) is 12.7. The molecule has 1 aromatic carbocycles. The minimum Gasteiger partial charge on any atom is -0.352 e. The number of nitrogens with one attached hydrogen (secondary N) is 1. The predicted octanol–water partition coefficient (Wildman–Crippen LogP) is 3.36. The highest BCUT2D eigenvalue weighted by Gasteiger charge is 2.27. The Morgan fingerprint density at radius 3 is 3.04 bits per heavy atom. The fraction of sp³-hybridized carbons (Fsp3) is 0.316. The number of fused-ring (bicyclic) bond motifs is 1. The second-order valence-electron chi connectivity index (χ2n) is 6.42. The Hall–Kier alpha value is -2.54. The van der Waals surface area contributed by atoms with Gasteiger partial charge in [0, 0.05) is 31.4 Å². The Balaban J connectivity index is 1.41. The van der Waals surface area contributed by atoms with Crippen LogP contribution in [0.25, 0.3) is 10.3 Å². The molecule has 1 N–H and O–H groups in total. The van der Waals surface area contributed by atoms with Crippen molar-refractivity contribution in [2.75, 3.05) is 18.0 Å². The topological polar surface area (TPSA) is 58.1 Å². The van der Waals surface area contributed by atoms with Gasteiger partial charge in [0.15, 0.2) is 5.13 Å². The standard InChI is InChI=1S/C19H19FN4OS/c20-15-7-2-1-5-13(15)11-22-17(25)14-6-4-10-24(12-14)19-23-16-8-3-9-21-18(16)26-19/h1-3,5,7-9,14H,4,6,10-12H2,(H,22,25)/t14-/m1/s1. The van der Waals surface area contributed by atoms with Crippen LogP contribution in [0, 0.1) is 11.7 Å². The van der Waals surface area contributed by atoms with E-state index in [0.29, 0.717) is 12.1 Å². The molecule has 0 saturated carbocycles. The SMILES string of the molecule is O=C(NCc1ccccc1F)[C@@H]1CCCN(c2nc3cccnc3s2)C1. The molecule has 4 rings (SSSR count). The quantitative estimate of drug-likeness (QED) is 0.765. The molecular formula is C19H19FN4OS. The normalized spacial score (nSPS) is 17.4. The summed E-state index contributed by atoms with van der Waals surface area (Å²) in [6.45, 7) is 1.73. The number of carbonyl (C=O) groups is 1. The lowest BCUT2D eigenvalue weighted by atomic mass is 9.97. The van der Waals surface area contributed by atoms with Gasteiger partial charge in [0.05, 0.1) is 5.92 Å². The Labute approximate surface area is 154 Å². The van der Waals surface area contributed by atoms with E-state index in [4.69, 9.17) is 0 Å². The van der Waals surface area contributed by atoms with Crippen LogP contribution < -0.4 is 10.2 Å². The van der Waals surface area contributed by atoms with Crippen LogP contribution in [0.15, 0.2) is 42.6 Å². The highest BCUT2D eigenvalue weighted by Crippen LogP contribution is 2.30. The molecule has 3 aromatic rings. The van der Waals surface area contributed by atoms with E-state index in [1.54, 1.807) is 35.7 Å². The van der Waals surface area contributed by atoms with Crippen molar-refractivity contribution in [1.82, 2.24) is 15.3 Å². The monoisotopic (exact) mass is 370 g/mol. The summed E-state index contributed by atoms with van der Waals surface area (Å²) < 4.78 is 13.7. The van der Waals surface area contributed by atoms with Gasteiger partial charge >= 0.3 is 0 Å². The molecule has 0 radical (unpaired) electrons. The van der Waals surface area contributed by atoms with Crippen LogP contribution in [0.1, 0.15) is 18.4 Å². The van der Waals surface area contributed by atoms with Gasteiger partial charge in [0.2, 0.25) is 5.91 Å². The van der Waals surface area contributed by atoms with Crippen molar-refractivity contribution in [2.24, 2.45) is 5.92 Å². The Morgan fingerprint density at radius 2 is 2.19 bits per heavy atom. The summed E-state index contributed by atoms with van der Waals surface area (Å²) in [5.74, 6) is -0.437. The smallest absolute Gasteiger partial charge is 0.225 e. The van der Waals surface area contributed by atoms with Crippen LogP contribution in [0.5, 0.6) is 0 Å². The molecule has 0 unspecified atom stereocenters. The van der Waals surface area contributed by atoms with Crippen LogP contribution in [-0.2, 0) is 11.3 Å². The molecule has 7 heteroatoms. The van der Waals surface area contributed by atoms with Crippen LogP contribution in [0.3, 0.4) is 0 Å². The number of aromatic nitrogens is 2. The number of carbonyl (C=O) groups excluding carboxylic acids is 1. The first kappa shape index (κ1) is 16.9. The highest BCUT2D eigenvalue weighted by molar-refractivity contribution is 7.21. The second kappa shape index (κ2) is 7.37. The van der Waals surface area contributed by atoms with E-state index in [1.807, 2.05) is 12.1 Å². The van der Waals surface area contributed by atoms with Gasteiger partial charge in [-0.25, -0.2) is 14.4 Å². The molecule has 1 aliphatic heterocycles. The van der Waals surface area contributed by atoms with Crippen molar-refractivity contribution in [2.45, 2.75) is 19.4 Å². The van der Waals surface area contributed by atoms with Gasteiger partial charge in [0.25, 0.3) is 0 Å². The van der Waals surface area contributed by atoms with E-state index in [-0.39, 0.29) is 24.2 Å². The third-order valence-corrected chi connectivity index (χ3v) is 5.67. The molecule has 0 spiro atoms. The van der Waals surface area contributed by atoms with Gasteiger partial charge in [-0.05, 0) is 31.0 Å². The second-order valence-corrected chi connectivity index (χ2v) is 7.37. The number of benzene rings is 1. The van der Waals surface area contributed by atoms with Crippen molar-refractivity contribution >= 4 is 32.7 Å². The number of hydrogen-bond donors (Lipinski definition) is 1. The Kier molecular flexibility index (Phi) is 4.79. The van der Waals surface area contributed by atoms with Crippen LogP contribution in [-0.4, -0.2) is 29.0 Å². The van der Waals surface area contributed by atoms with Gasteiger partial charge in [-0.2, -0.15) is 0 Å². The molecule has 1 atom stereocenters. The summed E-state index contributed by atoms with van der Waals surface area (Å²) >= 11 is 1.55. The molecule has 5 nitrogen and oxygen atoms in total. The Bertz CT molecular complexity index is 896. The number of pyridine rings is 1. The number of amides is 1. The zero-order chi connectivity index (χ0) is 17.9. The van der Waals surface area contributed by atoms with Crippen molar-refractivity contribution in [3.05, 3.63) is 54.0 Å². The predicted molar refractivity (Wildman–Crippen MR) is 101 cm³/mol. The molecule has 2 aromatic heterocycles. The molecule has 0 bridgehead atoms. The summed E-state index contributed by atoms with van der Waals surface area (Å²) in [7, 11) is 0. The van der Waals surface area contributed by atoms with Crippen LogP contribution in [0.2, 0.25) is 0 Å². The lowest BCUT2D eigenvalue weighted by Gasteiger charge is -2.31. The maximum absolute atomic E-state index is 13.7. The van der Waals surface area contributed by atoms with Crippen molar-refractivity contribution in [3.8, 4) is 0 Å². The summed E-state index contributed by atoms with van der Waals surface area (Å²) in [6, 6.07) is 10.3. The average Bonchev–Trinajstić information content (AvgIpc) is 3.11. The van der Waals surface area contributed by atoms with E-state index >= 15 is 0 Å². The summed E-state index contributed by atoms with van der Waals surface area (Å²) in [5.41, 5.74) is 1.39. The van der Waals surface area contributed by atoms with Gasteiger partial charge in [-0.1, -0.05) is 29.5 Å². The molecule has 1 aliphatic rings. The first-order valence-corrected chi connectivity index (χ1v) is 9.50. The Morgan fingerprint density at radius 1 is 1.31 bits per heavy atom. The molecule has 1 fully saturated rings. The van der Waals surface area contributed by atoms with Gasteiger partial charge in [0.1, 0.15) is 16.2 Å². The van der Waals surface area contributed by atoms with Crippen molar-refractivity contribution < 1.29 is 9.18 Å². The lowest BCUT2D eigenvalue weighted by Crippen LogP contribution is -2.43. The summed E-state index contributed by atoms with van der Waals surface area (Å²) in [4.78, 5) is 24.6. The molecule has 0 aliphatic carbocycles. The maximum atomic E-state index is 13.7. The minimum atomic E-state index is -0.292. The highest BCUT2D eigenvalue weighted by atomic mass is 32.1. The van der Waals surface area contributed by atoms with Gasteiger partial charge < -0.3 is 10.2 Å². The van der Waals surface area contributed by atoms with E-state index in [0.717, 1.165) is 34.9 Å². The van der Waals surface area contributed by atoms with E-state index in [2.05, 4.69) is 20.2 Å². The fourth-order valence-corrected chi connectivity index (χ4v) is 4.17. The molecule has 3 heterocycles. The number of piperidine rings is 1. The van der Waals surface area contributed by atoms with Crippen molar-refractivity contribution in [3.63, 3.8) is 0 Å². The molecule has 26 heavy (non-hydrogen) atoms. The number of hydrogen-bond acceptors (Lipinski definition) is 5. The number of thiazole rings is 1. The third kappa shape index (κ3) is 3.53. The zero-order valence-corrected chi connectivity index (χ0v) is 15.0. The molecule has 1 saturated heterocycles. The first-order valence-electron chi connectivity index (χ1n) is 8.68. The largest absolute Gasteiger partial charge is 0.352 e. The van der Waals surface area contributed by atoms with Gasteiger partial charge in [-0.15, -0.1) is 0 Å². The third-order valence-electron chi connectivity index (χ3n) is 4.63. The van der Waals surface area contributed by atoms with E-state index < -0.39 is 0 Å². The average molecular weight is 370 g/mol. The molecule has 1 amide bonds. The molecular weight excluding hydrogens is 351 g/mol. The van der Waals surface area contributed by atoms with Crippen LogP contribution >= 0.6 is 11.3 Å². The van der Waals surface area contributed by atoms with Crippen LogP contribution in [0.4, 0.5) is 9.52 Å². The van der Waals surface area contributed by atoms with Crippen molar-refractivity contribution in [1.29, 1.82) is 0 Å². The summed E-state index contributed by atoms with van der Waals surface area (Å²) in [6.07, 6.45) is 3.53. The zero-order valence-electron chi connectivity index (χ0n) is 14.2. The van der Waals surface area contributed by atoms with E-state index in [1.165, 1.54) is 6.07 Å². The number of halogens is 1. The van der Waals surface area contributed by atoms with Gasteiger partial charge in [-0.3, -0.25) is 4.79 Å². The fourth-order valence-electron chi connectivity index (χ4n) is 3.23. The lowest BCUT2D eigenvalue weighted by molar-refractivity contribution is -0.125. The molecule has 134 valence electrons. The number of rotatable bonds is 4. The maximum Gasteiger partial charge on any atom is 0.225 e. The number of anilines is 1. The minimum absolute atomic E-state index is 0.0304. The summed E-state index contributed by atoms with van der Waals surface area (Å²) in [5, 5.41) is 3.78. The number of nitrogens with zero attached hydrogens (tertiary/aromatic N) is 3. The van der Waals surface area contributed by atoms with E-state index in [9.17, 15) is 9.18 Å².